The molecule has 0 spiro atoms. The molecule has 0 radical (unpaired) electrons. The Bertz CT molecular complexity index is 547. The van der Waals surface area contributed by atoms with Crippen LogP contribution in [0.15, 0.2) is 29.2 Å². The Hall–Kier alpha value is -0.925. The van der Waals surface area contributed by atoms with Crippen LogP contribution in [-0.2, 0) is 10.0 Å². The van der Waals surface area contributed by atoms with Crippen LogP contribution >= 0.6 is 0 Å². The quantitative estimate of drug-likeness (QED) is 0.678. The molecule has 8 heteroatoms. The van der Waals surface area contributed by atoms with E-state index in [2.05, 4.69) is 4.90 Å². The van der Waals surface area contributed by atoms with Gasteiger partial charge >= 0.3 is 7.12 Å². The number of hydrogen-bond donors (Lipinski definition) is 2. The fourth-order valence-corrected chi connectivity index (χ4v) is 3.69. The van der Waals surface area contributed by atoms with Gasteiger partial charge in [-0.3, -0.25) is 0 Å². The van der Waals surface area contributed by atoms with Crippen molar-refractivity contribution in [2.24, 2.45) is 0 Å². The molecule has 20 heavy (non-hydrogen) atoms. The van der Waals surface area contributed by atoms with Crippen LogP contribution in [0.4, 0.5) is 0 Å². The van der Waals surface area contributed by atoms with E-state index in [-0.39, 0.29) is 10.4 Å². The first-order chi connectivity index (χ1) is 9.41. The lowest BCUT2D eigenvalue weighted by Gasteiger charge is -2.20. The molecule has 0 atom stereocenters. The van der Waals surface area contributed by atoms with Crippen LogP contribution in [-0.4, -0.2) is 68.0 Å². The molecule has 2 rings (SSSR count). The van der Waals surface area contributed by atoms with Gasteiger partial charge in [0, 0.05) is 19.6 Å². The molecule has 1 aliphatic heterocycles. The molecule has 1 heterocycles. The highest BCUT2D eigenvalue weighted by atomic mass is 32.2. The van der Waals surface area contributed by atoms with E-state index in [9.17, 15) is 8.42 Å². The monoisotopic (exact) mass is 298 g/mol. The van der Waals surface area contributed by atoms with E-state index in [0.29, 0.717) is 19.6 Å². The molecule has 2 N–H and O–H groups in total. The molecular formula is C12H19BN2O4S. The van der Waals surface area contributed by atoms with Gasteiger partial charge in [-0.05, 0) is 37.6 Å². The Morgan fingerprint density at radius 2 is 1.70 bits per heavy atom. The average Bonchev–Trinajstić information content (AvgIpc) is 2.64. The van der Waals surface area contributed by atoms with Gasteiger partial charge in [-0.25, -0.2) is 8.42 Å². The van der Waals surface area contributed by atoms with E-state index < -0.39 is 17.1 Å². The van der Waals surface area contributed by atoms with Crippen LogP contribution in [0.5, 0.6) is 0 Å². The number of benzene rings is 1. The van der Waals surface area contributed by atoms with Crippen molar-refractivity contribution in [2.75, 3.05) is 33.2 Å². The van der Waals surface area contributed by atoms with Crippen molar-refractivity contribution in [3.8, 4) is 0 Å². The zero-order valence-corrected chi connectivity index (χ0v) is 12.3. The summed E-state index contributed by atoms with van der Waals surface area (Å²) in [6.07, 6.45) is 0.809. The lowest BCUT2D eigenvalue weighted by atomic mass is 9.81. The summed E-state index contributed by atoms with van der Waals surface area (Å²) in [7, 11) is -3.11. The fourth-order valence-electron chi connectivity index (χ4n) is 2.22. The van der Waals surface area contributed by atoms with Gasteiger partial charge < -0.3 is 14.9 Å². The predicted molar refractivity (Wildman–Crippen MR) is 77.1 cm³/mol. The Morgan fingerprint density at radius 1 is 1.05 bits per heavy atom. The highest BCUT2D eigenvalue weighted by Crippen LogP contribution is 2.16. The zero-order chi connectivity index (χ0) is 14.8. The average molecular weight is 298 g/mol. The molecule has 6 nitrogen and oxygen atoms in total. The fraction of sp³-hybridized carbons (Fsp3) is 0.500. The molecule has 1 aromatic carbocycles. The molecule has 1 aromatic rings. The molecule has 1 saturated heterocycles. The van der Waals surface area contributed by atoms with Crippen LogP contribution in [0.3, 0.4) is 0 Å². The van der Waals surface area contributed by atoms with Gasteiger partial charge in [0.15, 0.2) is 0 Å². The standard InChI is InChI=1S/C12H19BN2O4S/c1-14-7-2-8-15(10-9-14)20(18,19)12-5-3-11(4-6-12)13(16)17/h3-6,16-17H,2,7-10H2,1H3. The third-order valence-corrected chi connectivity index (χ3v) is 5.41. The predicted octanol–water partition coefficient (Wildman–Crippen LogP) is -1.31. The highest BCUT2D eigenvalue weighted by molar-refractivity contribution is 7.89. The van der Waals surface area contributed by atoms with Crippen molar-refractivity contribution in [3.63, 3.8) is 0 Å². The number of likely N-dealkylation sites (N-methyl/N-ethyl adjacent to an activating group) is 1. The Kier molecular flexibility index (Phi) is 4.82. The SMILES string of the molecule is CN1CCCN(S(=O)(=O)c2ccc(B(O)O)cc2)CC1. The maximum atomic E-state index is 12.5. The second-order valence-electron chi connectivity index (χ2n) is 5.00. The summed E-state index contributed by atoms with van der Waals surface area (Å²) in [5, 5.41) is 18.0. The van der Waals surface area contributed by atoms with Crippen LogP contribution in [0.1, 0.15) is 6.42 Å². The molecular weight excluding hydrogens is 279 g/mol. The normalized spacial score (nSPS) is 18.8. The molecule has 1 aliphatic rings. The molecule has 1 fully saturated rings. The molecule has 0 bridgehead atoms. The van der Waals surface area contributed by atoms with Gasteiger partial charge in [-0.2, -0.15) is 4.31 Å². The maximum Gasteiger partial charge on any atom is 0.488 e. The first-order valence-corrected chi connectivity index (χ1v) is 8.00. The topological polar surface area (TPSA) is 81.1 Å². The van der Waals surface area contributed by atoms with Gasteiger partial charge in [0.05, 0.1) is 4.90 Å². The summed E-state index contributed by atoms with van der Waals surface area (Å²) < 4.78 is 26.5. The summed E-state index contributed by atoms with van der Waals surface area (Å²) in [4.78, 5) is 2.30. The third kappa shape index (κ3) is 3.39. The van der Waals surface area contributed by atoms with E-state index in [4.69, 9.17) is 10.0 Å². The zero-order valence-electron chi connectivity index (χ0n) is 11.4. The summed E-state index contributed by atoms with van der Waals surface area (Å²) in [6, 6.07) is 5.67. The van der Waals surface area contributed by atoms with E-state index in [1.54, 1.807) is 0 Å². The smallest absolute Gasteiger partial charge is 0.423 e. The Morgan fingerprint density at radius 3 is 2.30 bits per heavy atom. The first kappa shape index (κ1) is 15.5. The van der Waals surface area contributed by atoms with Gasteiger partial charge in [0.1, 0.15) is 0 Å². The first-order valence-electron chi connectivity index (χ1n) is 6.56. The molecule has 0 amide bonds. The largest absolute Gasteiger partial charge is 0.488 e. The van der Waals surface area contributed by atoms with E-state index >= 15 is 0 Å². The minimum absolute atomic E-state index is 0.187. The number of rotatable bonds is 3. The van der Waals surface area contributed by atoms with Crippen LogP contribution in [0, 0.1) is 0 Å². The lowest BCUT2D eigenvalue weighted by Crippen LogP contribution is -2.35. The summed E-state index contributed by atoms with van der Waals surface area (Å²) in [6.45, 7) is 2.59. The lowest BCUT2D eigenvalue weighted by molar-refractivity contribution is 0.347. The second kappa shape index (κ2) is 6.23. The third-order valence-electron chi connectivity index (χ3n) is 3.49. The molecule has 0 unspecified atom stereocenters. The highest BCUT2D eigenvalue weighted by Gasteiger charge is 2.26. The summed E-state index contributed by atoms with van der Waals surface area (Å²) in [5.41, 5.74) is 0.277. The van der Waals surface area contributed by atoms with Crippen LogP contribution < -0.4 is 5.46 Å². The van der Waals surface area contributed by atoms with E-state index in [0.717, 1.165) is 13.0 Å². The maximum absolute atomic E-state index is 12.5. The van der Waals surface area contributed by atoms with E-state index in [1.807, 2.05) is 7.05 Å². The minimum atomic E-state index is -3.51. The van der Waals surface area contributed by atoms with Crippen molar-refractivity contribution in [1.29, 1.82) is 0 Å². The summed E-state index contributed by atoms with van der Waals surface area (Å²) >= 11 is 0. The Labute approximate surface area is 119 Å². The molecule has 0 aliphatic carbocycles. The van der Waals surface area contributed by atoms with Crippen molar-refractivity contribution >= 4 is 22.6 Å². The van der Waals surface area contributed by atoms with Gasteiger partial charge in [0.25, 0.3) is 0 Å². The minimum Gasteiger partial charge on any atom is -0.423 e. The van der Waals surface area contributed by atoms with Crippen LogP contribution in [0.2, 0.25) is 0 Å². The molecule has 0 aromatic heterocycles. The van der Waals surface area contributed by atoms with Crippen molar-refractivity contribution < 1.29 is 18.5 Å². The molecule has 110 valence electrons. The number of hydrogen-bond acceptors (Lipinski definition) is 5. The van der Waals surface area contributed by atoms with Crippen molar-refractivity contribution in [2.45, 2.75) is 11.3 Å². The van der Waals surface area contributed by atoms with E-state index in [1.165, 1.54) is 28.6 Å². The number of sulfonamides is 1. The van der Waals surface area contributed by atoms with Gasteiger partial charge in [-0.1, -0.05) is 12.1 Å². The Balaban J connectivity index is 2.21. The van der Waals surface area contributed by atoms with Gasteiger partial charge in [0.2, 0.25) is 10.0 Å². The van der Waals surface area contributed by atoms with Crippen LogP contribution in [0.25, 0.3) is 0 Å². The second-order valence-corrected chi connectivity index (χ2v) is 6.94. The summed E-state index contributed by atoms with van der Waals surface area (Å²) in [5.74, 6) is 0. The van der Waals surface area contributed by atoms with Crippen molar-refractivity contribution in [3.05, 3.63) is 24.3 Å². The molecule has 0 saturated carbocycles. The van der Waals surface area contributed by atoms with Crippen molar-refractivity contribution in [1.82, 2.24) is 9.21 Å². The van der Waals surface area contributed by atoms with Gasteiger partial charge in [-0.15, -0.1) is 0 Å². The number of nitrogens with zero attached hydrogens (tertiary/aromatic N) is 2.